The van der Waals surface area contributed by atoms with Gasteiger partial charge in [-0.25, -0.2) is 4.98 Å². The molecule has 0 radical (unpaired) electrons. The number of nitrogens with two attached hydrogens (primary N) is 1. The second kappa shape index (κ2) is 6.70. The highest BCUT2D eigenvalue weighted by Crippen LogP contribution is 2.35. The smallest absolute Gasteiger partial charge is 0.280 e. The molecule has 4 heterocycles. The maximum atomic E-state index is 12.3. The summed E-state index contributed by atoms with van der Waals surface area (Å²) in [6, 6.07) is 0. The second-order valence-electron chi connectivity index (χ2n) is 6.23. The molecule has 4 rings (SSSR count). The summed E-state index contributed by atoms with van der Waals surface area (Å²) < 4.78 is 7.13. The molecule has 0 aliphatic carbocycles. The maximum absolute atomic E-state index is 12.3. The van der Waals surface area contributed by atoms with Gasteiger partial charge in [-0.1, -0.05) is 0 Å². The number of anilines is 2. The molecule has 2 saturated heterocycles. The summed E-state index contributed by atoms with van der Waals surface area (Å²) in [4.78, 5) is 25.2. The molecular weight excluding hydrogens is 364 g/mol. The Hall–Kier alpha value is -1.86. The van der Waals surface area contributed by atoms with Crippen molar-refractivity contribution in [2.75, 3.05) is 41.8 Å². The highest BCUT2D eigenvalue weighted by atomic mass is 32.2. The summed E-state index contributed by atoms with van der Waals surface area (Å²) in [6.45, 7) is 0.958. The molecule has 12 heteroatoms. The number of aliphatic hydroxyl groups is 3. The molecule has 0 aromatic carbocycles. The van der Waals surface area contributed by atoms with Gasteiger partial charge in [0.05, 0.1) is 6.61 Å². The fourth-order valence-corrected chi connectivity index (χ4v) is 4.21. The zero-order chi connectivity index (χ0) is 18.4. The van der Waals surface area contributed by atoms with Gasteiger partial charge in [0.2, 0.25) is 11.9 Å². The molecule has 142 valence electrons. The Labute approximate surface area is 151 Å². The summed E-state index contributed by atoms with van der Waals surface area (Å²) in [5, 5.41) is 29.9. The zero-order valence-corrected chi connectivity index (χ0v) is 14.6. The molecular formula is C14H20N6O5S. The van der Waals surface area contributed by atoms with E-state index in [1.165, 1.54) is 4.57 Å². The van der Waals surface area contributed by atoms with Gasteiger partial charge in [-0.2, -0.15) is 16.7 Å². The van der Waals surface area contributed by atoms with Crippen molar-refractivity contribution in [1.29, 1.82) is 0 Å². The van der Waals surface area contributed by atoms with Crippen LogP contribution in [-0.4, -0.2) is 84.4 Å². The molecule has 2 aromatic rings. The average molecular weight is 384 g/mol. The zero-order valence-electron chi connectivity index (χ0n) is 13.8. The first-order chi connectivity index (χ1) is 12.5. The highest BCUT2D eigenvalue weighted by Gasteiger charge is 2.45. The molecule has 26 heavy (non-hydrogen) atoms. The van der Waals surface area contributed by atoms with E-state index in [0.29, 0.717) is 19.0 Å². The fraction of sp³-hybridized carbons (Fsp3) is 0.643. The SMILES string of the molecule is Nc1nc2c(nc(N3CCSCC3)n2[C@@H]2O[C@H](CO)[C@@H](O)[C@H]2O)c(=O)[nH]1. The van der Waals surface area contributed by atoms with Gasteiger partial charge in [0, 0.05) is 24.6 Å². The van der Waals surface area contributed by atoms with Crippen LogP contribution >= 0.6 is 11.8 Å². The third-order valence-corrected chi connectivity index (χ3v) is 5.56. The highest BCUT2D eigenvalue weighted by molar-refractivity contribution is 7.99. The molecule has 11 nitrogen and oxygen atoms in total. The van der Waals surface area contributed by atoms with Crippen molar-refractivity contribution in [3.63, 3.8) is 0 Å². The van der Waals surface area contributed by atoms with E-state index in [1.807, 2.05) is 16.7 Å². The first kappa shape index (κ1) is 17.5. The normalized spacial score (nSPS) is 29.6. The number of hydrogen-bond acceptors (Lipinski definition) is 10. The van der Waals surface area contributed by atoms with Crippen LogP contribution in [0.2, 0.25) is 0 Å². The minimum absolute atomic E-state index is 0.0742. The molecule has 4 atom stereocenters. The van der Waals surface area contributed by atoms with Gasteiger partial charge >= 0.3 is 0 Å². The molecule has 2 fully saturated rings. The third kappa shape index (κ3) is 2.74. The molecule has 0 saturated carbocycles. The third-order valence-electron chi connectivity index (χ3n) is 4.62. The Morgan fingerprint density at radius 2 is 2.00 bits per heavy atom. The number of nitrogen functional groups attached to an aromatic ring is 1. The number of aromatic amines is 1. The Balaban J connectivity index is 1.89. The number of nitrogens with zero attached hydrogens (tertiary/aromatic N) is 4. The van der Waals surface area contributed by atoms with Crippen LogP contribution in [0.15, 0.2) is 4.79 Å². The Morgan fingerprint density at radius 3 is 2.65 bits per heavy atom. The van der Waals surface area contributed by atoms with Gasteiger partial charge in [-0.15, -0.1) is 0 Å². The van der Waals surface area contributed by atoms with E-state index in [4.69, 9.17) is 10.5 Å². The van der Waals surface area contributed by atoms with Crippen molar-refractivity contribution in [2.24, 2.45) is 0 Å². The van der Waals surface area contributed by atoms with Crippen molar-refractivity contribution in [3.05, 3.63) is 10.4 Å². The Bertz CT molecular complexity index is 865. The lowest BCUT2D eigenvalue weighted by Crippen LogP contribution is -2.37. The Kier molecular flexibility index (Phi) is 4.52. The molecule has 0 unspecified atom stereocenters. The lowest BCUT2D eigenvalue weighted by molar-refractivity contribution is -0.0504. The van der Waals surface area contributed by atoms with Gasteiger partial charge in [0.15, 0.2) is 17.4 Å². The van der Waals surface area contributed by atoms with Crippen LogP contribution in [0.3, 0.4) is 0 Å². The number of H-pyrrole nitrogens is 1. The van der Waals surface area contributed by atoms with E-state index < -0.39 is 36.7 Å². The van der Waals surface area contributed by atoms with Crippen LogP contribution in [0, 0.1) is 0 Å². The number of ether oxygens (including phenoxy) is 1. The number of nitrogens with one attached hydrogen (secondary N) is 1. The quantitative estimate of drug-likeness (QED) is 0.395. The van der Waals surface area contributed by atoms with Crippen LogP contribution in [0.25, 0.3) is 11.2 Å². The van der Waals surface area contributed by atoms with Crippen LogP contribution in [0.1, 0.15) is 6.23 Å². The van der Waals surface area contributed by atoms with E-state index >= 15 is 0 Å². The monoisotopic (exact) mass is 384 g/mol. The minimum Gasteiger partial charge on any atom is -0.394 e. The number of thioether (sulfide) groups is 1. The summed E-state index contributed by atoms with van der Waals surface area (Å²) >= 11 is 1.81. The van der Waals surface area contributed by atoms with Crippen LogP contribution in [0.5, 0.6) is 0 Å². The van der Waals surface area contributed by atoms with Crippen LogP contribution in [-0.2, 0) is 4.74 Å². The predicted molar refractivity (Wildman–Crippen MR) is 95.1 cm³/mol. The van der Waals surface area contributed by atoms with Crippen molar-refractivity contribution in [1.82, 2.24) is 19.5 Å². The summed E-state index contributed by atoms with van der Waals surface area (Å²) in [5.74, 6) is 2.12. The molecule has 0 spiro atoms. The molecule has 0 bridgehead atoms. The summed E-state index contributed by atoms with van der Waals surface area (Å²) in [6.07, 6.45) is -4.58. The number of rotatable bonds is 3. The standard InChI is InChI=1S/C14H20N6O5S/c15-13-17-10-7(11(24)18-13)16-14(19-1-3-26-4-2-19)20(10)12-9(23)8(22)6(5-21)25-12/h6,8-9,12,21-23H,1-5H2,(H3,15,17,18,24)/t6-,8-,9-,12-/m1/s1. The summed E-state index contributed by atoms with van der Waals surface area (Å²) in [7, 11) is 0. The molecule has 2 aliphatic rings. The van der Waals surface area contributed by atoms with Crippen molar-refractivity contribution < 1.29 is 20.1 Å². The number of aromatic nitrogens is 4. The predicted octanol–water partition coefficient (Wildman–Crippen LogP) is -2.13. The molecule has 6 N–H and O–H groups in total. The second-order valence-corrected chi connectivity index (χ2v) is 7.46. The fourth-order valence-electron chi connectivity index (χ4n) is 3.30. The van der Waals surface area contributed by atoms with Crippen LogP contribution < -0.4 is 16.2 Å². The van der Waals surface area contributed by atoms with Gasteiger partial charge in [0.1, 0.15) is 18.3 Å². The number of fused-ring (bicyclic) bond motifs is 1. The summed E-state index contributed by atoms with van der Waals surface area (Å²) in [5.41, 5.74) is 5.42. The minimum atomic E-state index is -1.32. The lowest BCUT2D eigenvalue weighted by atomic mass is 10.1. The number of imidazole rings is 1. The number of aliphatic hydroxyl groups excluding tert-OH is 3. The van der Waals surface area contributed by atoms with Crippen LogP contribution in [0.4, 0.5) is 11.9 Å². The van der Waals surface area contributed by atoms with E-state index in [0.717, 1.165) is 11.5 Å². The number of hydrogen-bond donors (Lipinski definition) is 5. The van der Waals surface area contributed by atoms with Crippen molar-refractivity contribution in [3.8, 4) is 0 Å². The van der Waals surface area contributed by atoms with E-state index in [1.54, 1.807) is 0 Å². The van der Waals surface area contributed by atoms with Gasteiger partial charge in [-0.05, 0) is 0 Å². The molecule has 2 aromatic heterocycles. The molecule has 2 aliphatic heterocycles. The van der Waals surface area contributed by atoms with Gasteiger partial charge < -0.3 is 30.7 Å². The van der Waals surface area contributed by atoms with E-state index in [-0.39, 0.29) is 17.1 Å². The molecule has 0 amide bonds. The first-order valence-corrected chi connectivity index (χ1v) is 9.39. The van der Waals surface area contributed by atoms with E-state index in [9.17, 15) is 20.1 Å². The largest absolute Gasteiger partial charge is 0.394 e. The van der Waals surface area contributed by atoms with E-state index in [2.05, 4.69) is 15.0 Å². The average Bonchev–Trinajstić information content (AvgIpc) is 3.14. The van der Waals surface area contributed by atoms with Crippen molar-refractivity contribution >= 4 is 34.8 Å². The maximum Gasteiger partial charge on any atom is 0.280 e. The first-order valence-electron chi connectivity index (χ1n) is 8.24. The van der Waals surface area contributed by atoms with Gasteiger partial charge in [-0.3, -0.25) is 14.3 Å². The topological polar surface area (TPSA) is 163 Å². The van der Waals surface area contributed by atoms with Crippen molar-refractivity contribution in [2.45, 2.75) is 24.5 Å². The van der Waals surface area contributed by atoms with Gasteiger partial charge in [0.25, 0.3) is 5.56 Å². The lowest BCUT2D eigenvalue weighted by Gasteiger charge is -2.29. The Morgan fingerprint density at radius 1 is 1.27 bits per heavy atom.